The molecule has 2 amide bonds. The molecule has 0 aromatic carbocycles. The molecule has 1 rings (SSSR count). The molecule has 2 N–H and O–H groups in total. The molecule has 0 saturated carbocycles. The second kappa shape index (κ2) is 5.35. The van der Waals surface area contributed by atoms with Crippen molar-refractivity contribution in [1.82, 2.24) is 10.2 Å². The first-order valence-corrected chi connectivity index (χ1v) is 5.20. The number of carboxylic acid groups (broad SMARTS) is 1. The lowest BCUT2D eigenvalue weighted by atomic mass is 10.4. The van der Waals surface area contributed by atoms with Gasteiger partial charge in [0.2, 0.25) is 0 Å². The van der Waals surface area contributed by atoms with Crippen LogP contribution in [-0.2, 0) is 11.3 Å². The van der Waals surface area contributed by atoms with Crippen LogP contribution in [0.25, 0.3) is 0 Å². The van der Waals surface area contributed by atoms with Gasteiger partial charge in [-0.15, -0.1) is 11.3 Å². The van der Waals surface area contributed by atoms with E-state index in [1.165, 1.54) is 4.90 Å². The Labute approximate surface area is 91.3 Å². The topological polar surface area (TPSA) is 69.6 Å². The van der Waals surface area contributed by atoms with Gasteiger partial charge in [0.25, 0.3) is 0 Å². The second-order valence-corrected chi connectivity index (χ2v) is 4.02. The lowest BCUT2D eigenvalue weighted by Crippen LogP contribution is -2.39. The van der Waals surface area contributed by atoms with Crippen molar-refractivity contribution in [2.75, 3.05) is 13.6 Å². The fraction of sp³-hybridized carbons (Fsp3) is 0.333. The Bertz CT molecular complexity index is 337. The third kappa shape index (κ3) is 3.99. The highest BCUT2D eigenvalue weighted by molar-refractivity contribution is 7.09. The summed E-state index contributed by atoms with van der Waals surface area (Å²) in [6.07, 6.45) is 0. The number of carbonyl (C=O) groups excluding carboxylic acids is 1. The van der Waals surface area contributed by atoms with Crippen LogP contribution in [0.2, 0.25) is 0 Å². The molecular weight excluding hydrogens is 216 g/mol. The monoisotopic (exact) mass is 228 g/mol. The number of nitrogens with one attached hydrogen (secondary N) is 1. The first kappa shape index (κ1) is 11.5. The van der Waals surface area contributed by atoms with Crippen molar-refractivity contribution in [3.63, 3.8) is 0 Å². The molecule has 1 aromatic heterocycles. The van der Waals surface area contributed by atoms with E-state index in [-0.39, 0.29) is 12.6 Å². The van der Waals surface area contributed by atoms with Crippen LogP contribution < -0.4 is 5.32 Å². The van der Waals surface area contributed by atoms with Crippen LogP contribution in [0.15, 0.2) is 17.5 Å². The van der Waals surface area contributed by atoms with Crippen LogP contribution >= 0.6 is 11.3 Å². The predicted octanol–water partition coefficient (Wildman–Crippen LogP) is 0.974. The minimum atomic E-state index is -1.05. The van der Waals surface area contributed by atoms with Gasteiger partial charge < -0.3 is 15.3 Å². The summed E-state index contributed by atoms with van der Waals surface area (Å²) in [5.74, 6) is -1.05. The minimum absolute atomic E-state index is 0.354. The van der Waals surface area contributed by atoms with Crippen LogP contribution in [0.1, 0.15) is 4.88 Å². The summed E-state index contributed by atoms with van der Waals surface area (Å²) in [5.41, 5.74) is 0. The maximum Gasteiger partial charge on any atom is 0.323 e. The van der Waals surface area contributed by atoms with Gasteiger partial charge in [-0.1, -0.05) is 6.07 Å². The van der Waals surface area contributed by atoms with E-state index in [9.17, 15) is 9.59 Å². The van der Waals surface area contributed by atoms with Crippen molar-refractivity contribution < 1.29 is 14.7 Å². The molecule has 0 unspecified atom stereocenters. The number of amides is 2. The Kier molecular flexibility index (Phi) is 4.11. The number of carbonyl (C=O) groups is 2. The number of hydrogen-bond acceptors (Lipinski definition) is 3. The van der Waals surface area contributed by atoms with Gasteiger partial charge in [0.15, 0.2) is 0 Å². The van der Waals surface area contributed by atoms with Crippen molar-refractivity contribution >= 4 is 23.3 Å². The molecular formula is C9H12N2O3S. The van der Waals surface area contributed by atoms with Crippen molar-refractivity contribution in [2.45, 2.75) is 6.54 Å². The zero-order chi connectivity index (χ0) is 11.3. The van der Waals surface area contributed by atoms with Gasteiger partial charge in [-0.2, -0.15) is 0 Å². The number of nitrogens with zero attached hydrogens (tertiary/aromatic N) is 1. The summed E-state index contributed by atoms with van der Waals surface area (Å²) >= 11 is 1.56. The Morgan fingerprint density at radius 1 is 1.60 bits per heavy atom. The maximum absolute atomic E-state index is 11.3. The van der Waals surface area contributed by atoms with E-state index < -0.39 is 5.97 Å². The maximum atomic E-state index is 11.3. The van der Waals surface area contributed by atoms with Crippen LogP contribution in [0.5, 0.6) is 0 Å². The number of hydrogen-bond donors (Lipinski definition) is 2. The zero-order valence-corrected chi connectivity index (χ0v) is 9.08. The molecule has 0 aliphatic carbocycles. The van der Waals surface area contributed by atoms with E-state index in [1.807, 2.05) is 17.5 Å². The van der Waals surface area contributed by atoms with Crippen molar-refractivity contribution in [3.8, 4) is 0 Å². The van der Waals surface area contributed by atoms with Gasteiger partial charge in [-0.3, -0.25) is 4.79 Å². The van der Waals surface area contributed by atoms with Crippen molar-refractivity contribution in [1.29, 1.82) is 0 Å². The molecule has 82 valence electrons. The molecule has 0 aliphatic heterocycles. The van der Waals surface area contributed by atoms with Gasteiger partial charge in [-0.05, 0) is 11.4 Å². The number of carboxylic acids is 1. The summed E-state index contributed by atoms with van der Waals surface area (Å²) in [4.78, 5) is 24.0. The van der Waals surface area contributed by atoms with E-state index >= 15 is 0 Å². The standard InChI is InChI=1S/C9H12N2O3S/c1-11(6-7-3-2-4-15-7)9(14)10-5-8(12)13/h2-4H,5-6H2,1H3,(H,10,14)(H,12,13). The molecule has 1 aromatic rings. The van der Waals surface area contributed by atoms with E-state index in [2.05, 4.69) is 5.32 Å². The number of rotatable bonds is 4. The molecule has 0 radical (unpaired) electrons. The third-order valence-electron chi connectivity index (χ3n) is 1.71. The SMILES string of the molecule is CN(Cc1cccs1)C(=O)NCC(=O)O. The van der Waals surface area contributed by atoms with E-state index in [4.69, 9.17) is 5.11 Å². The molecule has 15 heavy (non-hydrogen) atoms. The van der Waals surface area contributed by atoms with Crippen LogP contribution in [0.4, 0.5) is 4.79 Å². The average Bonchev–Trinajstić information content (AvgIpc) is 2.66. The van der Waals surface area contributed by atoms with Crippen LogP contribution in [0, 0.1) is 0 Å². The Hall–Kier alpha value is -1.56. The van der Waals surface area contributed by atoms with Gasteiger partial charge in [-0.25, -0.2) is 4.79 Å². The van der Waals surface area contributed by atoms with Gasteiger partial charge >= 0.3 is 12.0 Å². The summed E-state index contributed by atoms with van der Waals surface area (Å²) in [7, 11) is 1.62. The summed E-state index contributed by atoms with van der Waals surface area (Å²) in [6, 6.07) is 3.44. The minimum Gasteiger partial charge on any atom is -0.480 e. The molecule has 5 nitrogen and oxygen atoms in total. The molecule has 0 spiro atoms. The summed E-state index contributed by atoms with van der Waals surface area (Å²) in [5, 5.41) is 12.6. The second-order valence-electron chi connectivity index (χ2n) is 2.99. The van der Waals surface area contributed by atoms with Crippen molar-refractivity contribution in [3.05, 3.63) is 22.4 Å². The average molecular weight is 228 g/mol. The normalized spacial score (nSPS) is 9.67. The van der Waals surface area contributed by atoms with Crippen LogP contribution in [0.3, 0.4) is 0 Å². The Balaban J connectivity index is 2.36. The van der Waals surface area contributed by atoms with Crippen LogP contribution in [-0.4, -0.2) is 35.6 Å². The van der Waals surface area contributed by atoms with E-state index in [0.717, 1.165) is 4.88 Å². The fourth-order valence-corrected chi connectivity index (χ4v) is 1.75. The zero-order valence-electron chi connectivity index (χ0n) is 8.27. The lowest BCUT2D eigenvalue weighted by Gasteiger charge is -2.16. The van der Waals surface area contributed by atoms with E-state index in [0.29, 0.717) is 6.54 Å². The number of aliphatic carboxylic acids is 1. The van der Waals surface area contributed by atoms with Gasteiger partial charge in [0, 0.05) is 11.9 Å². The highest BCUT2D eigenvalue weighted by Gasteiger charge is 2.09. The molecule has 0 aliphatic rings. The summed E-state index contributed by atoms with van der Waals surface area (Å²) < 4.78 is 0. The smallest absolute Gasteiger partial charge is 0.323 e. The molecule has 0 saturated heterocycles. The first-order valence-electron chi connectivity index (χ1n) is 4.32. The number of urea groups is 1. The Morgan fingerprint density at radius 2 is 2.33 bits per heavy atom. The quantitative estimate of drug-likeness (QED) is 0.807. The summed E-state index contributed by atoms with van der Waals surface area (Å²) in [6.45, 7) is 0.136. The van der Waals surface area contributed by atoms with Gasteiger partial charge in [0.05, 0.1) is 6.54 Å². The largest absolute Gasteiger partial charge is 0.480 e. The van der Waals surface area contributed by atoms with Crippen molar-refractivity contribution in [2.24, 2.45) is 0 Å². The van der Waals surface area contributed by atoms with Gasteiger partial charge in [0.1, 0.15) is 6.54 Å². The molecule has 0 bridgehead atoms. The highest BCUT2D eigenvalue weighted by atomic mass is 32.1. The third-order valence-corrected chi connectivity index (χ3v) is 2.57. The predicted molar refractivity (Wildman–Crippen MR) is 56.8 cm³/mol. The van der Waals surface area contributed by atoms with E-state index in [1.54, 1.807) is 18.4 Å². The fourth-order valence-electron chi connectivity index (χ4n) is 0.994. The molecule has 0 atom stereocenters. The Morgan fingerprint density at radius 3 is 2.87 bits per heavy atom. The first-order chi connectivity index (χ1) is 7.09. The number of thiophene rings is 1. The molecule has 0 fully saturated rings. The molecule has 6 heteroatoms. The highest BCUT2D eigenvalue weighted by Crippen LogP contribution is 2.10. The molecule has 1 heterocycles. The lowest BCUT2D eigenvalue weighted by molar-refractivity contribution is -0.135.